The fourth-order valence-corrected chi connectivity index (χ4v) is 2.84. The molecule has 21 heavy (non-hydrogen) atoms. The minimum absolute atomic E-state index is 0.496. The first-order valence-electron chi connectivity index (χ1n) is 6.83. The molecule has 0 aliphatic heterocycles. The lowest BCUT2D eigenvalue weighted by Crippen LogP contribution is -2.02. The summed E-state index contributed by atoms with van der Waals surface area (Å²) in [5.74, 6) is 0.496. The van der Waals surface area contributed by atoms with Gasteiger partial charge in [0.1, 0.15) is 0 Å². The van der Waals surface area contributed by atoms with Crippen molar-refractivity contribution >= 4 is 27.9 Å². The number of hydrogen-bond donors (Lipinski definition) is 1. The average Bonchev–Trinajstić information content (AvgIpc) is 2.84. The van der Waals surface area contributed by atoms with E-state index in [4.69, 9.17) is 5.73 Å². The number of aryl methyl sites for hydroxylation is 1. The summed E-state index contributed by atoms with van der Waals surface area (Å²) in [6.07, 6.45) is 1.80. The number of fused-ring (bicyclic) bond motifs is 2. The standard InChI is InChI=1S/C17H14N4/c1-11-5-2-8-14-16(11)21(17(18)20-14)15-9-3-7-13-12(15)6-4-10-19-13/h2-10H,1H3,(H2,18,20). The number of nitrogens with zero attached hydrogens (tertiary/aromatic N) is 3. The van der Waals surface area contributed by atoms with E-state index < -0.39 is 0 Å². The molecule has 0 aliphatic rings. The molecule has 102 valence electrons. The maximum absolute atomic E-state index is 6.18. The van der Waals surface area contributed by atoms with Gasteiger partial charge < -0.3 is 5.73 Å². The van der Waals surface area contributed by atoms with E-state index in [0.29, 0.717) is 5.95 Å². The first kappa shape index (κ1) is 11.9. The van der Waals surface area contributed by atoms with Crippen molar-refractivity contribution in [3.05, 3.63) is 60.3 Å². The van der Waals surface area contributed by atoms with Crippen LogP contribution in [0.15, 0.2) is 54.7 Å². The Balaban J connectivity index is 2.17. The van der Waals surface area contributed by atoms with Gasteiger partial charge in [0.2, 0.25) is 5.95 Å². The van der Waals surface area contributed by atoms with E-state index in [2.05, 4.69) is 29.0 Å². The molecule has 4 heteroatoms. The van der Waals surface area contributed by atoms with E-state index in [1.165, 1.54) is 0 Å². The van der Waals surface area contributed by atoms with Gasteiger partial charge in [0, 0.05) is 11.6 Å². The Bertz CT molecular complexity index is 964. The summed E-state index contributed by atoms with van der Waals surface area (Å²) in [4.78, 5) is 8.89. The second kappa shape index (κ2) is 4.31. The predicted octanol–water partition coefficient (Wildman–Crippen LogP) is 3.46. The highest BCUT2D eigenvalue weighted by atomic mass is 15.2. The van der Waals surface area contributed by atoms with Crippen molar-refractivity contribution in [3.63, 3.8) is 0 Å². The second-order valence-electron chi connectivity index (χ2n) is 5.10. The van der Waals surface area contributed by atoms with Crippen molar-refractivity contribution in [2.75, 3.05) is 5.73 Å². The first-order valence-corrected chi connectivity index (χ1v) is 6.83. The number of para-hydroxylation sites is 1. The van der Waals surface area contributed by atoms with E-state index in [9.17, 15) is 0 Å². The molecule has 0 saturated heterocycles. The van der Waals surface area contributed by atoms with Crippen molar-refractivity contribution < 1.29 is 0 Å². The highest BCUT2D eigenvalue weighted by Gasteiger charge is 2.13. The van der Waals surface area contributed by atoms with Crippen LogP contribution in [0.3, 0.4) is 0 Å². The number of rotatable bonds is 1. The Morgan fingerprint density at radius 1 is 0.952 bits per heavy atom. The van der Waals surface area contributed by atoms with Crippen LogP contribution < -0.4 is 5.73 Å². The van der Waals surface area contributed by atoms with Gasteiger partial charge in [-0.2, -0.15) is 0 Å². The van der Waals surface area contributed by atoms with E-state index in [0.717, 1.165) is 33.2 Å². The van der Waals surface area contributed by atoms with Crippen LogP contribution in [0.5, 0.6) is 0 Å². The van der Waals surface area contributed by atoms with Crippen molar-refractivity contribution in [1.29, 1.82) is 0 Å². The van der Waals surface area contributed by atoms with Gasteiger partial charge in [-0.15, -0.1) is 0 Å². The van der Waals surface area contributed by atoms with Crippen molar-refractivity contribution in [3.8, 4) is 5.69 Å². The third kappa shape index (κ3) is 1.69. The number of nitrogen functional groups attached to an aromatic ring is 1. The Hall–Kier alpha value is -2.88. The lowest BCUT2D eigenvalue weighted by Gasteiger charge is -2.11. The molecule has 0 unspecified atom stereocenters. The fourth-order valence-electron chi connectivity index (χ4n) is 2.84. The summed E-state index contributed by atoms with van der Waals surface area (Å²) >= 11 is 0. The smallest absolute Gasteiger partial charge is 0.205 e. The molecule has 0 radical (unpaired) electrons. The summed E-state index contributed by atoms with van der Waals surface area (Å²) in [6, 6.07) is 16.1. The third-order valence-corrected chi connectivity index (χ3v) is 3.77. The molecule has 0 fully saturated rings. The summed E-state index contributed by atoms with van der Waals surface area (Å²) in [5.41, 5.74) is 11.2. The zero-order chi connectivity index (χ0) is 14.4. The van der Waals surface area contributed by atoms with Crippen LogP contribution in [0.4, 0.5) is 5.95 Å². The molecule has 0 saturated carbocycles. The molecule has 0 amide bonds. The Morgan fingerprint density at radius 3 is 2.67 bits per heavy atom. The summed E-state index contributed by atoms with van der Waals surface area (Å²) in [6.45, 7) is 2.07. The topological polar surface area (TPSA) is 56.7 Å². The van der Waals surface area contributed by atoms with Crippen molar-refractivity contribution in [2.24, 2.45) is 0 Å². The van der Waals surface area contributed by atoms with Crippen LogP contribution in [0.25, 0.3) is 27.6 Å². The molecule has 4 aromatic rings. The minimum atomic E-state index is 0.496. The Labute approximate surface area is 121 Å². The van der Waals surface area contributed by atoms with E-state index in [1.54, 1.807) is 6.20 Å². The fraction of sp³-hybridized carbons (Fsp3) is 0.0588. The number of hydrogen-bond acceptors (Lipinski definition) is 3. The van der Waals surface area contributed by atoms with Gasteiger partial charge in [-0.05, 0) is 42.8 Å². The largest absolute Gasteiger partial charge is 0.369 e. The third-order valence-electron chi connectivity index (χ3n) is 3.77. The number of aromatic nitrogens is 3. The van der Waals surface area contributed by atoms with Crippen molar-refractivity contribution in [2.45, 2.75) is 6.92 Å². The molecule has 2 heterocycles. The van der Waals surface area contributed by atoms with Crippen LogP contribution >= 0.6 is 0 Å². The van der Waals surface area contributed by atoms with Crippen LogP contribution in [0.2, 0.25) is 0 Å². The van der Waals surface area contributed by atoms with Crippen molar-refractivity contribution in [1.82, 2.24) is 14.5 Å². The van der Waals surface area contributed by atoms with Gasteiger partial charge in [0.05, 0.1) is 22.2 Å². The maximum atomic E-state index is 6.18. The Kier molecular flexibility index (Phi) is 2.44. The molecule has 2 N–H and O–H groups in total. The number of pyridine rings is 1. The number of anilines is 1. The second-order valence-corrected chi connectivity index (χ2v) is 5.10. The molecule has 0 bridgehead atoms. The van der Waals surface area contributed by atoms with Gasteiger partial charge >= 0.3 is 0 Å². The molecular weight excluding hydrogens is 260 g/mol. The molecule has 2 aromatic carbocycles. The van der Waals surface area contributed by atoms with E-state index in [-0.39, 0.29) is 0 Å². The average molecular weight is 274 g/mol. The van der Waals surface area contributed by atoms with Crippen LogP contribution in [0, 0.1) is 6.92 Å². The molecular formula is C17H14N4. The van der Waals surface area contributed by atoms with Crippen LogP contribution in [-0.4, -0.2) is 14.5 Å². The monoisotopic (exact) mass is 274 g/mol. The summed E-state index contributed by atoms with van der Waals surface area (Å²) < 4.78 is 2.01. The maximum Gasteiger partial charge on any atom is 0.205 e. The normalized spacial score (nSPS) is 11.3. The van der Waals surface area contributed by atoms with Crippen LogP contribution in [0.1, 0.15) is 5.56 Å². The zero-order valence-electron chi connectivity index (χ0n) is 11.6. The van der Waals surface area contributed by atoms with E-state index >= 15 is 0 Å². The van der Waals surface area contributed by atoms with Gasteiger partial charge in [0.25, 0.3) is 0 Å². The molecule has 0 spiro atoms. The summed E-state index contributed by atoms with van der Waals surface area (Å²) in [7, 11) is 0. The highest BCUT2D eigenvalue weighted by molar-refractivity contribution is 5.92. The molecule has 0 atom stereocenters. The lowest BCUT2D eigenvalue weighted by atomic mass is 10.1. The molecule has 4 nitrogen and oxygen atoms in total. The lowest BCUT2D eigenvalue weighted by molar-refractivity contribution is 1.11. The molecule has 2 aromatic heterocycles. The quantitative estimate of drug-likeness (QED) is 0.578. The summed E-state index contributed by atoms with van der Waals surface area (Å²) in [5, 5.41) is 1.06. The zero-order valence-corrected chi connectivity index (χ0v) is 11.6. The number of imidazole rings is 1. The van der Waals surface area contributed by atoms with E-state index in [1.807, 2.05) is 41.0 Å². The van der Waals surface area contributed by atoms with Gasteiger partial charge in [0.15, 0.2) is 0 Å². The van der Waals surface area contributed by atoms with Gasteiger partial charge in [-0.3, -0.25) is 9.55 Å². The highest BCUT2D eigenvalue weighted by Crippen LogP contribution is 2.29. The number of benzene rings is 2. The van der Waals surface area contributed by atoms with Gasteiger partial charge in [-0.25, -0.2) is 4.98 Å². The minimum Gasteiger partial charge on any atom is -0.369 e. The number of nitrogens with two attached hydrogens (primary N) is 1. The SMILES string of the molecule is Cc1cccc2nc(N)n(-c3cccc4ncccc34)c12. The van der Waals surface area contributed by atoms with Crippen LogP contribution in [-0.2, 0) is 0 Å². The first-order chi connectivity index (χ1) is 10.3. The molecule has 0 aliphatic carbocycles. The predicted molar refractivity (Wildman–Crippen MR) is 85.5 cm³/mol. The Morgan fingerprint density at radius 2 is 1.76 bits per heavy atom. The molecule has 4 rings (SSSR count). The van der Waals surface area contributed by atoms with Gasteiger partial charge in [-0.1, -0.05) is 18.2 Å².